The molecule has 1 amide bonds. The van der Waals surface area contributed by atoms with Gasteiger partial charge in [0.05, 0.1) is 0 Å². The fourth-order valence-electron chi connectivity index (χ4n) is 2.47. The van der Waals surface area contributed by atoms with E-state index in [1.165, 1.54) is 19.1 Å². The lowest BCUT2D eigenvalue weighted by atomic mass is 9.95. The first-order valence-corrected chi connectivity index (χ1v) is 6.84. The van der Waals surface area contributed by atoms with Crippen LogP contribution in [0.15, 0.2) is 22.7 Å². The highest BCUT2D eigenvalue weighted by atomic mass is 79.9. The van der Waals surface area contributed by atoms with Crippen molar-refractivity contribution in [2.75, 3.05) is 0 Å². The van der Waals surface area contributed by atoms with Crippen LogP contribution in [0.25, 0.3) is 0 Å². The molecule has 0 aliphatic carbocycles. The van der Waals surface area contributed by atoms with Gasteiger partial charge in [-0.1, -0.05) is 22.0 Å². The lowest BCUT2D eigenvalue weighted by Crippen LogP contribution is -2.34. The molecule has 1 aliphatic heterocycles. The largest absolute Gasteiger partial charge is 0.369 e. The molecular weight excluding hydrogens is 331 g/mol. The van der Waals surface area contributed by atoms with E-state index in [0.29, 0.717) is 9.23 Å². The molecule has 20 heavy (non-hydrogen) atoms. The summed E-state index contributed by atoms with van der Waals surface area (Å²) < 4.78 is 14.9. The Morgan fingerprint density at radius 2 is 2.15 bits per heavy atom. The van der Waals surface area contributed by atoms with Gasteiger partial charge in [-0.2, -0.15) is 0 Å². The van der Waals surface area contributed by atoms with Crippen LogP contribution in [-0.2, 0) is 16.0 Å². The van der Waals surface area contributed by atoms with Gasteiger partial charge in [0.25, 0.3) is 6.04 Å². The summed E-state index contributed by atoms with van der Waals surface area (Å²) in [6, 6.07) is 2.51. The number of benzene rings is 1. The first-order chi connectivity index (χ1) is 9.32. The fraction of sp³-hybridized carbons (Fsp3) is 0.385. The molecule has 2 N–H and O–H groups in total. The van der Waals surface area contributed by atoms with E-state index in [2.05, 4.69) is 15.9 Å². The summed E-state index contributed by atoms with van der Waals surface area (Å²) in [5.41, 5.74) is 5.39. The van der Waals surface area contributed by atoms with Crippen LogP contribution in [0.1, 0.15) is 12.5 Å². The predicted octanol–water partition coefficient (Wildman–Crippen LogP) is 1.35. The average Bonchev–Trinajstić information content (AvgIpc) is 2.56. The molecule has 1 heterocycles. The topological polar surface area (TPSA) is 80.2 Å². The van der Waals surface area contributed by atoms with Gasteiger partial charge in [-0.05, 0) is 17.7 Å². The molecule has 0 spiro atoms. The van der Waals surface area contributed by atoms with E-state index >= 15 is 0 Å². The molecule has 3 unspecified atom stereocenters. The van der Waals surface area contributed by atoms with Crippen molar-refractivity contribution in [3.63, 3.8) is 0 Å². The summed E-state index contributed by atoms with van der Waals surface area (Å²) in [6.45, 7) is 1.47. The van der Waals surface area contributed by atoms with Gasteiger partial charge in [-0.3, -0.25) is 9.59 Å². The number of ketones is 1. The molecule has 1 aliphatic rings. The van der Waals surface area contributed by atoms with Crippen LogP contribution >= 0.6 is 15.9 Å². The number of nitrogens with two attached hydrogens (primary N) is 1. The number of Topliss-reactive ketones (excluding diaryl/α,β-unsaturated/α-hetero) is 1. The van der Waals surface area contributed by atoms with E-state index in [4.69, 9.17) is 5.73 Å². The third kappa shape index (κ3) is 2.49. The van der Waals surface area contributed by atoms with Crippen molar-refractivity contribution in [3.05, 3.63) is 39.0 Å². The Morgan fingerprint density at radius 1 is 1.50 bits per heavy atom. The fourth-order valence-corrected chi connectivity index (χ4v) is 2.80. The van der Waals surface area contributed by atoms with Crippen molar-refractivity contribution in [3.8, 4) is 0 Å². The molecule has 7 heteroatoms. The molecule has 106 valence electrons. The number of amides is 1. The second-order valence-electron chi connectivity index (χ2n) is 4.84. The number of rotatable bonds is 3. The smallest absolute Gasteiger partial charge is 0.264 e. The van der Waals surface area contributed by atoms with E-state index < -0.39 is 35.5 Å². The maximum atomic E-state index is 13.8. The molecule has 0 saturated carbocycles. The lowest BCUT2D eigenvalue weighted by Gasteiger charge is -2.04. The molecule has 0 aromatic heterocycles. The molecule has 2 rings (SSSR count). The van der Waals surface area contributed by atoms with Crippen LogP contribution in [0.3, 0.4) is 0 Å². The molecule has 1 aromatic carbocycles. The predicted molar refractivity (Wildman–Crippen MR) is 72.4 cm³/mol. The normalized spacial score (nSPS) is 26.1. The first-order valence-electron chi connectivity index (χ1n) is 6.05. The summed E-state index contributed by atoms with van der Waals surface area (Å²) >= 11 is 3.13. The zero-order valence-corrected chi connectivity index (χ0v) is 12.3. The second kappa shape index (κ2) is 5.40. The van der Waals surface area contributed by atoms with E-state index in [1.54, 1.807) is 6.07 Å². The molecule has 0 radical (unpaired) electrons. The van der Waals surface area contributed by atoms with E-state index in [0.717, 1.165) is 0 Å². The van der Waals surface area contributed by atoms with Crippen LogP contribution in [-0.4, -0.2) is 28.5 Å². The van der Waals surface area contributed by atoms with Gasteiger partial charge >= 0.3 is 0 Å². The number of primary amides is 1. The van der Waals surface area contributed by atoms with Gasteiger partial charge in [0.1, 0.15) is 5.82 Å². The number of nitrogens with zero attached hydrogens (tertiary/aromatic N) is 1. The average molecular weight is 344 g/mol. The zero-order chi connectivity index (χ0) is 15.0. The molecule has 0 bridgehead atoms. The summed E-state index contributed by atoms with van der Waals surface area (Å²) in [5, 5.41) is 0. The number of halogens is 2. The van der Waals surface area contributed by atoms with Gasteiger partial charge in [0, 0.05) is 27.5 Å². The second-order valence-corrected chi connectivity index (χ2v) is 5.75. The quantitative estimate of drug-likeness (QED) is 0.664. The minimum atomic E-state index is -1.13. The maximum Gasteiger partial charge on any atom is 0.264 e. The van der Waals surface area contributed by atoms with Crippen LogP contribution in [0.2, 0.25) is 0 Å². The Morgan fingerprint density at radius 3 is 2.65 bits per heavy atom. The number of carbonyl (C=O) groups is 2. The Bertz CT molecular complexity index is 605. The highest BCUT2D eigenvalue weighted by Crippen LogP contribution is 2.26. The Balaban J connectivity index is 2.27. The summed E-state index contributed by atoms with van der Waals surface area (Å²) in [7, 11) is 0. The minimum Gasteiger partial charge on any atom is -0.369 e. The van der Waals surface area contributed by atoms with E-state index in [1.807, 2.05) is 0 Å². The highest BCUT2D eigenvalue weighted by molar-refractivity contribution is 9.10. The molecule has 3 atom stereocenters. The Kier molecular flexibility index (Phi) is 3.99. The Labute approximate surface area is 123 Å². The van der Waals surface area contributed by atoms with E-state index in [9.17, 15) is 18.9 Å². The lowest BCUT2D eigenvalue weighted by molar-refractivity contribution is -0.591. The first kappa shape index (κ1) is 14.8. The van der Waals surface area contributed by atoms with Crippen LogP contribution in [0.4, 0.5) is 4.39 Å². The molecule has 5 nitrogen and oxygen atoms in total. The SMILES string of the molecule is CC1C(C(N)=O)C(=O)C(Cc2ccc(Br)cc2F)[N+]1=O. The third-order valence-electron chi connectivity index (χ3n) is 3.56. The minimum absolute atomic E-state index is 0.0738. The third-order valence-corrected chi connectivity index (χ3v) is 4.05. The molecule has 1 saturated heterocycles. The summed E-state index contributed by atoms with van der Waals surface area (Å²) in [5.74, 6) is -2.99. The molecular formula is C13H13BrFN2O3+. The summed E-state index contributed by atoms with van der Waals surface area (Å²) in [4.78, 5) is 35.3. The zero-order valence-electron chi connectivity index (χ0n) is 10.7. The standard InChI is InChI=1S/C13H12BrFN2O3/c1-6-11(13(16)19)12(18)10(17(6)20)4-7-2-3-8(14)5-9(7)15/h2-3,5-6,10-11H,4H2,1H3,(H-,16,19)/p+1. The van der Waals surface area contributed by atoms with Gasteiger partial charge in [-0.15, -0.1) is 0 Å². The van der Waals surface area contributed by atoms with Gasteiger partial charge in [0.15, 0.2) is 5.92 Å². The number of hydrogen-bond donors (Lipinski definition) is 1. The van der Waals surface area contributed by atoms with Crippen molar-refractivity contribution < 1.29 is 18.7 Å². The number of hydrogen-bond acceptors (Lipinski definition) is 3. The Hall–Kier alpha value is -1.63. The summed E-state index contributed by atoms with van der Waals surface area (Å²) in [6.07, 6.45) is -0.0738. The van der Waals surface area contributed by atoms with Crippen LogP contribution in [0, 0.1) is 16.6 Å². The molecule has 1 aromatic rings. The van der Waals surface area contributed by atoms with Crippen molar-refractivity contribution in [2.24, 2.45) is 11.7 Å². The van der Waals surface area contributed by atoms with Crippen molar-refractivity contribution in [1.82, 2.24) is 0 Å². The number of carbonyl (C=O) groups excluding carboxylic acids is 2. The van der Waals surface area contributed by atoms with Gasteiger partial charge in [0.2, 0.25) is 17.7 Å². The highest BCUT2D eigenvalue weighted by Gasteiger charge is 2.56. The number of nitroso groups, excluding NO2 is 1. The van der Waals surface area contributed by atoms with E-state index in [-0.39, 0.29) is 12.0 Å². The monoisotopic (exact) mass is 343 g/mol. The van der Waals surface area contributed by atoms with Crippen molar-refractivity contribution in [1.29, 1.82) is 0 Å². The van der Waals surface area contributed by atoms with Gasteiger partial charge in [-0.25, -0.2) is 4.39 Å². The van der Waals surface area contributed by atoms with Gasteiger partial charge < -0.3 is 5.73 Å². The van der Waals surface area contributed by atoms with Crippen molar-refractivity contribution >= 4 is 27.6 Å². The van der Waals surface area contributed by atoms with Crippen LogP contribution in [0.5, 0.6) is 0 Å². The maximum absolute atomic E-state index is 13.8. The van der Waals surface area contributed by atoms with Crippen molar-refractivity contribution in [2.45, 2.75) is 25.4 Å². The molecule has 1 fully saturated rings. The van der Waals surface area contributed by atoms with Crippen LogP contribution < -0.4 is 5.73 Å².